The van der Waals surface area contributed by atoms with Crippen molar-refractivity contribution in [2.24, 2.45) is 0 Å². The number of nitrogens with zero attached hydrogens (tertiary/aromatic N) is 3. The minimum absolute atomic E-state index is 0.806. The van der Waals surface area contributed by atoms with Gasteiger partial charge in [0.2, 0.25) is 0 Å². The molecule has 0 N–H and O–H groups in total. The first kappa shape index (κ1) is 16.8. The van der Waals surface area contributed by atoms with Crippen molar-refractivity contribution in [2.75, 3.05) is 14.2 Å². The first-order chi connectivity index (χ1) is 12.8. The van der Waals surface area contributed by atoms with E-state index in [-0.39, 0.29) is 0 Å². The standard InChI is InChI=1S/C21H21N3OS/c1-23(14-17-10-6-7-11-19(17)25-2)15-18-20(16-8-4-3-5-9-16)22-21-24(18)12-13-26-21/h3-13H,14-15H2,1-2H3. The zero-order valence-electron chi connectivity index (χ0n) is 14.9. The fourth-order valence-corrected chi connectivity index (χ4v) is 3.98. The van der Waals surface area contributed by atoms with E-state index in [2.05, 4.69) is 64.3 Å². The first-order valence-corrected chi connectivity index (χ1v) is 9.44. The molecule has 2 aromatic carbocycles. The normalized spacial score (nSPS) is 11.3. The Bertz CT molecular complexity index is 1010. The molecule has 0 saturated carbocycles. The van der Waals surface area contributed by atoms with Crippen molar-refractivity contribution in [2.45, 2.75) is 13.1 Å². The molecule has 0 radical (unpaired) electrons. The van der Waals surface area contributed by atoms with Crippen molar-refractivity contribution in [1.29, 1.82) is 0 Å². The molecule has 0 saturated heterocycles. The van der Waals surface area contributed by atoms with Gasteiger partial charge in [-0.1, -0.05) is 48.5 Å². The van der Waals surface area contributed by atoms with Gasteiger partial charge < -0.3 is 4.74 Å². The van der Waals surface area contributed by atoms with Gasteiger partial charge in [0.15, 0.2) is 4.96 Å². The lowest BCUT2D eigenvalue weighted by molar-refractivity contribution is 0.306. The van der Waals surface area contributed by atoms with Gasteiger partial charge in [-0.15, -0.1) is 11.3 Å². The molecule has 0 aliphatic heterocycles. The number of hydrogen-bond acceptors (Lipinski definition) is 4. The van der Waals surface area contributed by atoms with E-state index in [1.54, 1.807) is 18.4 Å². The number of fused-ring (bicyclic) bond motifs is 1. The summed E-state index contributed by atoms with van der Waals surface area (Å²) in [5, 5.41) is 2.08. The third-order valence-corrected chi connectivity index (χ3v) is 5.22. The summed E-state index contributed by atoms with van der Waals surface area (Å²) >= 11 is 1.67. The fourth-order valence-electron chi connectivity index (χ4n) is 3.25. The van der Waals surface area contributed by atoms with Crippen LogP contribution in [0.1, 0.15) is 11.3 Å². The van der Waals surface area contributed by atoms with E-state index in [9.17, 15) is 0 Å². The number of thiazole rings is 1. The highest BCUT2D eigenvalue weighted by Crippen LogP contribution is 2.28. The van der Waals surface area contributed by atoms with Gasteiger partial charge in [-0.2, -0.15) is 0 Å². The van der Waals surface area contributed by atoms with Crippen LogP contribution in [-0.4, -0.2) is 28.4 Å². The molecule has 132 valence electrons. The van der Waals surface area contributed by atoms with Gasteiger partial charge in [-0.3, -0.25) is 9.30 Å². The Morgan fingerprint density at radius 2 is 1.81 bits per heavy atom. The van der Waals surface area contributed by atoms with Crippen molar-refractivity contribution < 1.29 is 4.74 Å². The van der Waals surface area contributed by atoms with E-state index >= 15 is 0 Å². The molecule has 2 aromatic heterocycles. The predicted octanol–water partition coefficient (Wildman–Crippen LogP) is 4.70. The van der Waals surface area contributed by atoms with Gasteiger partial charge in [0.25, 0.3) is 0 Å². The summed E-state index contributed by atoms with van der Waals surface area (Å²) in [6.07, 6.45) is 2.10. The van der Waals surface area contributed by atoms with Crippen molar-refractivity contribution in [3.05, 3.63) is 77.4 Å². The molecule has 0 atom stereocenters. The lowest BCUT2D eigenvalue weighted by atomic mass is 10.1. The van der Waals surface area contributed by atoms with Crippen LogP contribution in [0.15, 0.2) is 66.2 Å². The Hall–Kier alpha value is -2.63. The van der Waals surface area contributed by atoms with Gasteiger partial charge >= 0.3 is 0 Å². The molecule has 4 rings (SSSR count). The summed E-state index contributed by atoms with van der Waals surface area (Å²) in [4.78, 5) is 8.20. The largest absolute Gasteiger partial charge is 0.496 e. The Morgan fingerprint density at radius 1 is 1.04 bits per heavy atom. The number of rotatable bonds is 6. The van der Waals surface area contributed by atoms with Crippen molar-refractivity contribution >= 4 is 16.3 Å². The summed E-state index contributed by atoms with van der Waals surface area (Å²) in [7, 11) is 3.85. The second kappa shape index (κ2) is 7.32. The van der Waals surface area contributed by atoms with Gasteiger partial charge in [-0.05, 0) is 13.1 Å². The van der Waals surface area contributed by atoms with Gasteiger partial charge in [0.1, 0.15) is 5.75 Å². The van der Waals surface area contributed by atoms with E-state index in [0.717, 1.165) is 35.1 Å². The average Bonchev–Trinajstić information content (AvgIpc) is 3.25. The summed E-state index contributed by atoms with van der Waals surface area (Å²) < 4.78 is 7.69. The number of para-hydroxylation sites is 1. The summed E-state index contributed by atoms with van der Waals surface area (Å²) in [6.45, 7) is 1.62. The molecule has 0 aliphatic rings. The molecule has 0 bridgehead atoms. The Labute approximate surface area is 157 Å². The average molecular weight is 363 g/mol. The van der Waals surface area contributed by atoms with E-state index < -0.39 is 0 Å². The molecule has 0 fully saturated rings. The molecule has 4 aromatic rings. The van der Waals surface area contributed by atoms with E-state index in [4.69, 9.17) is 9.72 Å². The molecule has 0 spiro atoms. The van der Waals surface area contributed by atoms with Crippen LogP contribution in [0, 0.1) is 0 Å². The van der Waals surface area contributed by atoms with Crippen LogP contribution in [0.25, 0.3) is 16.2 Å². The Kier molecular flexibility index (Phi) is 4.73. The number of aromatic nitrogens is 2. The van der Waals surface area contributed by atoms with E-state index in [1.165, 1.54) is 11.3 Å². The zero-order valence-corrected chi connectivity index (χ0v) is 15.7. The van der Waals surface area contributed by atoms with Crippen LogP contribution in [0.5, 0.6) is 5.75 Å². The topological polar surface area (TPSA) is 29.8 Å². The van der Waals surface area contributed by atoms with Crippen LogP contribution >= 0.6 is 11.3 Å². The molecular formula is C21H21N3OS. The lowest BCUT2D eigenvalue weighted by Gasteiger charge is -2.19. The maximum absolute atomic E-state index is 5.49. The predicted molar refractivity (Wildman–Crippen MR) is 107 cm³/mol. The maximum Gasteiger partial charge on any atom is 0.194 e. The fraction of sp³-hybridized carbons (Fsp3) is 0.190. The molecule has 2 heterocycles. The van der Waals surface area contributed by atoms with Crippen LogP contribution < -0.4 is 4.74 Å². The third-order valence-electron chi connectivity index (χ3n) is 4.46. The zero-order chi connectivity index (χ0) is 17.9. The van der Waals surface area contributed by atoms with Crippen molar-refractivity contribution in [3.8, 4) is 17.0 Å². The monoisotopic (exact) mass is 363 g/mol. The Balaban J connectivity index is 1.65. The summed E-state index contributed by atoms with van der Waals surface area (Å²) in [5.41, 5.74) is 4.61. The summed E-state index contributed by atoms with van der Waals surface area (Å²) in [6, 6.07) is 18.6. The molecular weight excluding hydrogens is 342 g/mol. The molecule has 0 amide bonds. The van der Waals surface area contributed by atoms with Gasteiger partial charge in [0, 0.05) is 35.8 Å². The molecule has 0 unspecified atom stereocenters. The molecule has 5 heteroatoms. The SMILES string of the molecule is COc1ccccc1CN(C)Cc1c(-c2ccccc2)nc2sccn12. The maximum atomic E-state index is 5.49. The number of imidazole rings is 1. The highest BCUT2D eigenvalue weighted by atomic mass is 32.1. The third kappa shape index (κ3) is 3.23. The van der Waals surface area contributed by atoms with Crippen LogP contribution in [0.3, 0.4) is 0 Å². The smallest absolute Gasteiger partial charge is 0.194 e. The summed E-state index contributed by atoms with van der Waals surface area (Å²) in [5.74, 6) is 0.927. The number of methoxy groups -OCH3 is 1. The Morgan fingerprint density at radius 3 is 2.62 bits per heavy atom. The number of hydrogen-bond donors (Lipinski definition) is 0. The van der Waals surface area contributed by atoms with Crippen molar-refractivity contribution in [3.63, 3.8) is 0 Å². The lowest BCUT2D eigenvalue weighted by Crippen LogP contribution is -2.19. The minimum Gasteiger partial charge on any atom is -0.496 e. The van der Waals surface area contributed by atoms with Gasteiger partial charge in [0.05, 0.1) is 18.5 Å². The molecule has 4 nitrogen and oxygen atoms in total. The molecule has 0 aliphatic carbocycles. The first-order valence-electron chi connectivity index (χ1n) is 8.56. The highest BCUT2D eigenvalue weighted by molar-refractivity contribution is 7.15. The minimum atomic E-state index is 0.806. The highest BCUT2D eigenvalue weighted by Gasteiger charge is 2.17. The quantitative estimate of drug-likeness (QED) is 0.497. The second-order valence-electron chi connectivity index (χ2n) is 6.31. The second-order valence-corrected chi connectivity index (χ2v) is 7.19. The number of ether oxygens (including phenoxy) is 1. The van der Waals surface area contributed by atoms with Gasteiger partial charge in [-0.25, -0.2) is 4.98 Å². The van der Waals surface area contributed by atoms with Crippen molar-refractivity contribution in [1.82, 2.24) is 14.3 Å². The van der Waals surface area contributed by atoms with Crippen LogP contribution in [0.4, 0.5) is 0 Å². The van der Waals surface area contributed by atoms with E-state index in [1.807, 2.05) is 18.2 Å². The van der Waals surface area contributed by atoms with E-state index in [0.29, 0.717) is 0 Å². The molecule has 26 heavy (non-hydrogen) atoms. The van der Waals surface area contributed by atoms with Crippen LogP contribution in [-0.2, 0) is 13.1 Å². The number of benzene rings is 2. The van der Waals surface area contributed by atoms with Crippen LogP contribution in [0.2, 0.25) is 0 Å².